The Kier molecular flexibility index (Phi) is 4.78. The maximum atomic E-state index is 14.4. The number of carbonyl (C=O) groups excluding carboxylic acids is 1. The van der Waals surface area contributed by atoms with Crippen LogP contribution in [-0.2, 0) is 9.63 Å². The summed E-state index contributed by atoms with van der Waals surface area (Å²) in [6.45, 7) is 5.47. The second-order valence-corrected chi connectivity index (χ2v) is 5.64. The van der Waals surface area contributed by atoms with E-state index in [1.165, 1.54) is 6.92 Å². The largest absolute Gasteiger partial charge is 0.367 e. The number of rotatable bonds is 4. The molecule has 0 saturated carbocycles. The lowest BCUT2D eigenvalue weighted by Gasteiger charge is -2.29. The summed E-state index contributed by atoms with van der Waals surface area (Å²) in [5, 5.41) is 7.45. The average Bonchev–Trinajstić information content (AvgIpc) is 3.02. The van der Waals surface area contributed by atoms with E-state index in [1.807, 2.05) is 12.1 Å². The Morgan fingerprint density at radius 3 is 2.87 bits per heavy atom. The van der Waals surface area contributed by atoms with Crippen molar-refractivity contribution in [2.24, 2.45) is 0 Å². The summed E-state index contributed by atoms with van der Waals surface area (Å²) in [6, 6.07) is 5.29. The van der Waals surface area contributed by atoms with Crippen LogP contribution in [0.3, 0.4) is 0 Å². The third kappa shape index (κ3) is 3.80. The summed E-state index contributed by atoms with van der Waals surface area (Å²) in [6.07, 6.45) is 1.79. The summed E-state index contributed by atoms with van der Waals surface area (Å²) in [5.74, 6) is -0.340. The molecule has 1 aromatic carbocycles. The molecular weight excluding hydrogens is 299 g/mol. The van der Waals surface area contributed by atoms with Crippen molar-refractivity contribution in [3.8, 4) is 0 Å². The highest BCUT2D eigenvalue weighted by molar-refractivity contribution is 5.73. The molecule has 2 aliphatic heterocycles. The molecule has 1 saturated heterocycles. The first-order valence-electron chi connectivity index (χ1n) is 7.74. The number of halogens is 1. The predicted molar refractivity (Wildman–Crippen MR) is 85.9 cm³/mol. The second-order valence-electron chi connectivity index (χ2n) is 5.64. The van der Waals surface area contributed by atoms with E-state index < -0.39 is 0 Å². The van der Waals surface area contributed by atoms with Gasteiger partial charge in [-0.05, 0) is 17.7 Å². The number of benzene rings is 1. The van der Waals surface area contributed by atoms with Crippen LogP contribution in [0.4, 0.5) is 10.1 Å². The molecule has 7 heteroatoms. The molecule has 1 aromatic rings. The minimum atomic E-state index is -0.217. The number of anilines is 1. The number of hydrogen-bond acceptors (Lipinski definition) is 5. The SMILES string of the molecule is CC(=O)NCN1C=C(c2ccc(N3CCNCC3)c(F)c2)CO1. The molecule has 0 aromatic heterocycles. The number of hydrogen-bond donors (Lipinski definition) is 2. The molecule has 23 heavy (non-hydrogen) atoms. The van der Waals surface area contributed by atoms with Crippen molar-refractivity contribution in [3.05, 3.63) is 35.8 Å². The van der Waals surface area contributed by atoms with E-state index in [-0.39, 0.29) is 18.4 Å². The molecule has 2 heterocycles. The van der Waals surface area contributed by atoms with E-state index in [0.29, 0.717) is 12.3 Å². The maximum Gasteiger partial charge on any atom is 0.218 e. The Hall–Kier alpha value is -2.12. The lowest BCUT2D eigenvalue weighted by molar-refractivity contribution is -0.126. The number of carbonyl (C=O) groups is 1. The van der Waals surface area contributed by atoms with E-state index in [9.17, 15) is 9.18 Å². The molecule has 3 rings (SSSR count). The fourth-order valence-electron chi connectivity index (χ4n) is 2.71. The fourth-order valence-corrected chi connectivity index (χ4v) is 2.71. The van der Waals surface area contributed by atoms with Crippen LogP contribution in [0, 0.1) is 5.82 Å². The molecule has 1 fully saturated rings. The van der Waals surface area contributed by atoms with Crippen molar-refractivity contribution in [2.45, 2.75) is 6.92 Å². The Bertz CT molecular complexity index is 614. The van der Waals surface area contributed by atoms with Gasteiger partial charge in [0, 0.05) is 44.9 Å². The number of nitrogens with one attached hydrogen (secondary N) is 2. The fraction of sp³-hybridized carbons (Fsp3) is 0.438. The number of hydroxylamine groups is 2. The van der Waals surface area contributed by atoms with Crippen LogP contribution in [-0.4, -0.2) is 50.4 Å². The van der Waals surface area contributed by atoms with Crippen molar-refractivity contribution >= 4 is 17.2 Å². The summed E-state index contributed by atoms with van der Waals surface area (Å²) >= 11 is 0. The van der Waals surface area contributed by atoms with E-state index in [1.54, 1.807) is 17.3 Å². The standard InChI is InChI=1S/C16H21FN4O2/c1-12(22)19-11-21-9-14(10-23-21)13-2-3-16(15(17)8-13)20-6-4-18-5-7-20/h2-3,8-9,18H,4-7,10-11H2,1H3,(H,19,22). The Balaban J connectivity index is 1.70. The average molecular weight is 320 g/mol. The van der Waals surface area contributed by atoms with E-state index in [0.717, 1.165) is 37.3 Å². The molecular formula is C16H21FN4O2. The highest BCUT2D eigenvalue weighted by atomic mass is 19.1. The molecule has 2 aliphatic rings. The highest BCUT2D eigenvalue weighted by Crippen LogP contribution is 2.27. The molecule has 0 atom stereocenters. The first-order valence-corrected chi connectivity index (χ1v) is 7.74. The topological polar surface area (TPSA) is 56.8 Å². The van der Waals surface area contributed by atoms with Gasteiger partial charge in [-0.1, -0.05) is 6.07 Å². The van der Waals surface area contributed by atoms with Gasteiger partial charge in [0.05, 0.1) is 5.69 Å². The van der Waals surface area contributed by atoms with E-state index in [4.69, 9.17) is 4.84 Å². The van der Waals surface area contributed by atoms with Crippen molar-refractivity contribution in [1.29, 1.82) is 0 Å². The zero-order chi connectivity index (χ0) is 16.2. The normalized spacial score (nSPS) is 18.1. The van der Waals surface area contributed by atoms with Gasteiger partial charge in [0.25, 0.3) is 0 Å². The number of piperazine rings is 1. The summed E-state index contributed by atoms with van der Waals surface area (Å²) < 4.78 is 14.4. The van der Waals surface area contributed by atoms with Gasteiger partial charge >= 0.3 is 0 Å². The second kappa shape index (κ2) is 6.97. The van der Waals surface area contributed by atoms with Crippen LogP contribution in [0.15, 0.2) is 24.4 Å². The molecule has 124 valence electrons. The van der Waals surface area contributed by atoms with Gasteiger partial charge in [-0.15, -0.1) is 0 Å². The quantitative estimate of drug-likeness (QED) is 0.864. The van der Waals surface area contributed by atoms with Gasteiger partial charge in [0.2, 0.25) is 5.91 Å². The van der Waals surface area contributed by atoms with Crippen LogP contribution in [0.2, 0.25) is 0 Å². The molecule has 0 bridgehead atoms. The van der Waals surface area contributed by atoms with Crippen molar-refractivity contribution in [1.82, 2.24) is 15.7 Å². The Labute approximate surface area is 134 Å². The van der Waals surface area contributed by atoms with Gasteiger partial charge in [0.15, 0.2) is 0 Å². The molecule has 0 unspecified atom stereocenters. The van der Waals surface area contributed by atoms with Crippen LogP contribution in [0.5, 0.6) is 0 Å². The summed E-state index contributed by atoms with van der Waals surface area (Å²) in [7, 11) is 0. The zero-order valence-corrected chi connectivity index (χ0v) is 13.1. The van der Waals surface area contributed by atoms with E-state index >= 15 is 0 Å². The number of amides is 1. The van der Waals surface area contributed by atoms with Crippen LogP contribution < -0.4 is 15.5 Å². The molecule has 1 amide bonds. The zero-order valence-electron chi connectivity index (χ0n) is 13.1. The minimum Gasteiger partial charge on any atom is -0.367 e. The third-order valence-corrected chi connectivity index (χ3v) is 3.95. The van der Waals surface area contributed by atoms with Gasteiger partial charge in [0.1, 0.15) is 19.1 Å². The monoisotopic (exact) mass is 320 g/mol. The first kappa shape index (κ1) is 15.8. The maximum absolute atomic E-state index is 14.4. The Morgan fingerprint density at radius 2 is 2.17 bits per heavy atom. The van der Waals surface area contributed by atoms with Gasteiger partial charge in [-0.3, -0.25) is 9.63 Å². The van der Waals surface area contributed by atoms with Gasteiger partial charge < -0.3 is 15.5 Å². The van der Waals surface area contributed by atoms with Crippen molar-refractivity contribution < 1.29 is 14.0 Å². The number of nitrogens with zero attached hydrogens (tertiary/aromatic N) is 2. The molecule has 0 spiro atoms. The van der Waals surface area contributed by atoms with Crippen molar-refractivity contribution in [2.75, 3.05) is 44.4 Å². The molecule has 0 radical (unpaired) electrons. The molecule has 6 nitrogen and oxygen atoms in total. The predicted octanol–water partition coefficient (Wildman–Crippen LogP) is 0.917. The third-order valence-electron chi connectivity index (χ3n) is 3.95. The summed E-state index contributed by atoms with van der Waals surface area (Å²) in [5.41, 5.74) is 2.33. The molecule has 2 N–H and O–H groups in total. The summed E-state index contributed by atoms with van der Waals surface area (Å²) in [4.78, 5) is 18.4. The van der Waals surface area contributed by atoms with Crippen LogP contribution in [0.25, 0.3) is 5.57 Å². The van der Waals surface area contributed by atoms with Gasteiger partial charge in [-0.2, -0.15) is 0 Å². The van der Waals surface area contributed by atoms with E-state index in [2.05, 4.69) is 15.5 Å². The van der Waals surface area contributed by atoms with Gasteiger partial charge in [-0.25, -0.2) is 9.45 Å². The first-order chi connectivity index (χ1) is 11.1. The van der Waals surface area contributed by atoms with Crippen molar-refractivity contribution in [3.63, 3.8) is 0 Å². The Morgan fingerprint density at radius 1 is 1.39 bits per heavy atom. The molecule has 0 aliphatic carbocycles. The highest BCUT2D eigenvalue weighted by Gasteiger charge is 2.18. The minimum absolute atomic E-state index is 0.123. The van der Waals surface area contributed by atoms with Crippen LogP contribution in [0.1, 0.15) is 12.5 Å². The van der Waals surface area contributed by atoms with Crippen LogP contribution >= 0.6 is 0 Å². The smallest absolute Gasteiger partial charge is 0.218 e. The lowest BCUT2D eigenvalue weighted by atomic mass is 10.1. The lowest BCUT2D eigenvalue weighted by Crippen LogP contribution is -2.43.